The molecule has 4 heteroatoms. The van der Waals surface area contributed by atoms with E-state index in [9.17, 15) is 0 Å². The van der Waals surface area contributed by atoms with Crippen molar-refractivity contribution in [3.8, 4) is 5.75 Å². The number of rotatable bonds is 4. The van der Waals surface area contributed by atoms with Gasteiger partial charge in [0.25, 0.3) is 0 Å². The molecule has 3 nitrogen and oxygen atoms in total. The van der Waals surface area contributed by atoms with Crippen LogP contribution in [0.4, 0.5) is 0 Å². The van der Waals surface area contributed by atoms with Crippen molar-refractivity contribution < 1.29 is 4.74 Å². The van der Waals surface area contributed by atoms with Crippen molar-refractivity contribution in [2.24, 2.45) is 0 Å². The minimum atomic E-state index is 0.826. The summed E-state index contributed by atoms with van der Waals surface area (Å²) in [5.74, 6) is 3.61. The van der Waals surface area contributed by atoms with Gasteiger partial charge in [0.15, 0.2) is 0 Å². The summed E-state index contributed by atoms with van der Waals surface area (Å²) in [6.07, 6.45) is 2.66. The smallest absolute Gasteiger partial charge is 0.119 e. The maximum Gasteiger partial charge on any atom is 0.119 e. The van der Waals surface area contributed by atoms with E-state index >= 15 is 0 Å². The molecule has 0 bridgehead atoms. The molecule has 2 aliphatic heterocycles. The highest BCUT2D eigenvalue weighted by atomic mass is 32.2. The lowest BCUT2D eigenvalue weighted by atomic mass is 10.0. The Morgan fingerprint density at radius 1 is 1.14 bits per heavy atom. The molecule has 0 spiro atoms. The summed E-state index contributed by atoms with van der Waals surface area (Å²) in [4.78, 5) is 5.31. The number of likely N-dealkylation sites (tertiary alicyclic amines) is 1. The lowest BCUT2D eigenvalue weighted by Gasteiger charge is -2.40. The lowest BCUT2D eigenvalue weighted by Crippen LogP contribution is -2.47. The fourth-order valence-electron chi connectivity index (χ4n) is 3.41. The molecule has 1 aromatic carbocycles. The van der Waals surface area contributed by atoms with Crippen LogP contribution in [-0.4, -0.2) is 60.6 Å². The minimum absolute atomic E-state index is 0.826. The fraction of sp³-hybridized carbons (Fsp3) is 0.647. The maximum atomic E-state index is 5.31. The average Bonchev–Trinajstić information content (AvgIpc) is 2.56. The second kappa shape index (κ2) is 7.52. The van der Waals surface area contributed by atoms with Crippen LogP contribution in [0.2, 0.25) is 0 Å². The molecule has 2 heterocycles. The Labute approximate surface area is 132 Å². The van der Waals surface area contributed by atoms with Gasteiger partial charge in [0.05, 0.1) is 7.11 Å². The second-order valence-corrected chi connectivity index (χ2v) is 7.23. The molecule has 21 heavy (non-hydrogen) atoms. The Hall–Kier alpha value is -0.710. The first-order valence-corrected chi connectivity index (χ1v) is 9.18. The SMILES string of the molecule is COc1cccc(CN2CCC(N3CCSCC3)CC2)c1. The Balaban J connectivity index is 1.48. The first kappa shape index (κ1) is 15.2. The van der Waals surface area contributed by atoms with E-state index in [-0.39, 0.29) is 0 Å². The summed E-state index contributed by atoms with van der Waals surface area (Å²) in [5.41, 5.74) is 1.36. The van der Waals surface area contributed by atoms with Crippen molar-refractivity contribution in [1.82, 2.24) is 9.80 Å². The summed E-state index contributed by atoms with van der Waals surface area (Å²) in [6, 6.07) is 9.30. The summed E-state index contributed by atoms with van der Waals surface area (Å²) in [5, 5.41) is 0. The van der Waals surface area contributed by atoms with Crippen LogP contribution in [0.3, 0.4) is 0 Å². The number of methoxy groups -OCH3 is 1. The van der Waals surface area contributed by atoms with Crippen LogP contribution in [0.15, 0.2) is 24.3 Å². The largest absolute Gasteiger partial charge is 0.497 e. The van der Waals surface area contributed by atoms with Crippen molar-refractivity contribution >= 4 is 11.8 Å². The number of thioether (sulfide) groups is 1. The Kier molecular flexibility index (Phi) is 5.44. The molecule has 0 aromatic heterocycles. The number of hydrogen-bond donors (Lipinski definition) is 0. The third-order valence-electron chi connectivity index (χ3n) is 4.66. The zero-order chi connectivity index (χ0) is 14.5. The van der Waals surface area contributed by atoms with Gasteiger partial charge in [-0.3, -0.25) is 9.80 Å². The average molecular weight is 306 g/mol. The van der Waals surface area contributed by atoms with E-state index in [1.807, 2.05) is 6.07 Å². The van der Waals surface area contributed by atoms with E-state index in [1.165, 1.54) is 56.1 Å². The molecular weight excluding hydrogens is 280 g/mol. The van der Waals surface area contributed by atoms with Gasteiger partial charge in [-0.2, -0.15) is 11.8 Å². The van der Waals surface area contributed by atoms with E-state index in [0.29, 0.717) is 0 Å². The normalized spacial score (nSPS) is 22.3. The van der Waals surface area contributed by atoms with Gasteiger partial charge in [-0.25, -0.2) is 0 Å². The molecule has 116 valence electrons. The molecule has 2 saturated heterocycles. The molecular formula is C17H26N2OS. The summed E-state index contributed by atoms with van der Waals surface area (Å²) in [7, 11) is 1.74. The van der Waals surface area contributed by atoms with Gasteiger partial charge in [0.1, 0.15) is 5.75 Å². The highest BCUT2D eigenvalue weighted by Gasteiger charge is 2.25. The van der Waals surface area contributed by atoms with Gasteiger partial charge in [-0.1, -0.05) is 12.1 Å². The van der Waals surface area contributed by atoms with Crippen LogP contribution >= 0.6 is 11.8 Å². The first-order chi connectivity index (χ1) is 10.3. The Morgan fingerprint density at radius 2 is 1.90 bits per heavy atom. The molecule has 2 fully saturated rings. The van der Waals surface area contributed by atoms with Gasteiger partial charge in [0, 0.05) is 37.2 Å². The molecule has 0 radical (unpaired) electrons. The van der Waals surface area contributed by atoms with Gasteiger partial charge in [-0.05, 0) is 43.6 Å². The second-order valence-electron chi connectivity index (χ2n) is 6.01. The van der Waals surface area contributed by atoms with E-state index in [4.69, 9.17) is 4.74 Å². The quantitative estimate of drug-likeness (QED) is 0.849. The monoisotopic (exact) mass is 306 g/mol. The predicted molar refractivity (Wildman–Crippen MR) is 90.2 cm³/mol. The van der Waals surface area contributed by atoms with Crippen LogP contribution in [0.25, 0.3) is 0 Å². The van der Waals surface area contributed by atoms with E-state index < -0.39 is 0 Å². The van der Waals surface area contributed by atoms with Crippen LogP contribution in [-0.2, 0) is 6.54 Å². The van der Waals surface area contributed by atoms with Crippen LogP contribution < -0.4 is 4.74 Å². The molecule has 0 N–H and O–H groups in total. The molecule has 0 aliphatic carbocycles. The third-order valence-corrected chi connectivity index (χ3v) is 5.60. The predicted octanol–water partition coefficient (Wildman–Crippen LogP) is 2.71. The molecule has 1 aromatic rings. The summed E-state index contributed by atoms with van der Waals surface area (Å²) < 4.78 is 5.31. The Morgan fingerprint density at radius 3 is 2.62 bits per heavy atom. The standard InChI is InChI=1S/C17H26N2OS/c1-20-17-4-2-3-15(13-17)14-18-7-5-16(6-8-18)19-9-11-21-12-10-19/h2-4,13,16H,5-12,14H2,1H3. The summed E-state index contributed by atoms with van der Waals surface area (Å²) in [6.45, 7) is 6.10. The molecule has 0 amide bonds. The zero-order valence-electron chi connectivity index (χ0n) is 13.0. The molecule has 2 aliphatic rings. The number of piperidine rings is 1. The molecule has 3 rings (SSSR count). The van der Waals surface area contributed by atoms with Crippen molar-refractivity contribution in [2.75, 3.05) is 44.8 Å². The third kappa shape index (κ3) is 4.15. The highest BCUT2D eigenvalue weighted by Crippen LogP contribution is 2.22. The lowest BCUT2D eigenvalue weighted by molar-refractivity contribution is 0.112. The van der Waals surface area contributed by atoms with Crippen molar-refractivity contribution in [1.29, 1.82) is 0 Å². The summed E-state index contributed by atoms with van der Waals surface area (Å²) >= 11 is 2.10. The molecule has 0 unspecified atom stereocenters. The first-order valence-electron chi connectivity index (χ1n) is 8.02. The van der Waals surface area contributed by atoms with Gasteiger partial charge < -0.3 is 4.74 Å². The molecule has 0 saturated carbocycles. The zero-order valence-corrected chi connectivity index (χ0v) is 13.8. The minimum Gasteiger partial charge on any atom is -0.497 e. The van der Waals surface area contributed by atoms with Crippen LogP contribution in [0.1, 0.15) is 18.4 Å². The van der Waals surface area contributed by atoms with Crippen LogP contribution in [0, 0.1) is 0 Å². The van der Waals surface area contributed by atoms with Gasteiger partial charge in [-0.15, -0.1) is 0 Å². The highest BCUT2D eigenvalue weighted by molar-refractivity contribution is 7.99. The van der Waals surface area contributed by atoms with Gasteiger partial charge in [0.2, 0.25) is 0 Å². The number of nitrogens with zero attached hydrogens (tertiary/aromatic N) is 2. The van der Waals surface area contributed by atoms with Crippen molar-refractivity contribution in [2.45, 2.75) is 25.4 Å². The number of benzene rings is 1. The van der Waals surface area contributed by atoms with Crippen LogP contribution in [0.5, 0.6) is 5.75 Å². The van der Waals surface area contributed by atoms with E-state index in [2.05, 4.69) is 39.8 Å². The van der Waals surface area contributed by atoms with E-state index in [1.54, 1.807) is 7.11 Å². The van der Waals surface area contributed by atoms with Crippen molar-refractivity contribution in [3.63, 3.8) is 0 Å². The number of hydrogen-bond acceptors (Lipinski definition) is 4. The number of ether oxygens (including phenoxy) is 1. The topological polar surface area (TPSA) is 15.7 Å². The van der Waals surface area contributed by atoms with E-state index in [0.717, 1.165) is 18.3 Å². The Bertz CT molecular complexity index is 440. The maximum absolute atomic E-state index is 5.31. The van der Waals surface area contributed by atoms with Crippen molar-refractivity contribution in [3.05, 3.63) is 29.8 Å². The fourth-order valence-corrected chi connectivity index (χ4v) is 4.35. The van der Waals surface area contributed by atoms with Gasteiger partial charge >= 0.3 is 0 Å². The molecule has 0 atom stereocenters.